The Morgan fingerprint density at radius 1 is 1.34 bits per heavy atom. The van der Waals surface area contributed by atoms with E-state index in [1.807, 2.05) is 0 Å². The summed E-state index contributed by atoms with van der Waals surface area (Å²) in [5.41, 5.74) is 11.5. The maximum atomic E-state index is 10.9. The van der Waals surface area contributed by atoms with E-state index in [4.69, 9.17) is 26.0 Å². The topological polar surface area (TPSA) is 244 Å². The van der Waals surface area contributed by atoms with Gasteiger partial charge in [0.1, 0.15) is 24.6 Å². The third kappa shape index (κ3) is 4.63. The highest BCUT2D eigenvalue weighted by atomic mass is 31.2. The van der Waals surface area contributed by atoms with Gasteiger partial charge >= 0.3 is 7.82 Å². The Morgan fingerprint density at radius 3 is 2.72 bits per heavy atom. The number of aromatic nitrogens is 4. The molecule has 0 amide bonds. The molecule has 10 N–H and O–H groups in total. The normalized spacial score (nSPS) is 26.1. The predicted molar refractivity (Wildman–Crippen MR) is 97.2 cm³/mol. The quantitative estimate of drug-likeness (QED) is 0.191. The molecular formula is C13H22N7O8P. The molecule has 16 heteroatoms. The van der Waals surface area contributed by atoms with Crippen LogP contribution in [0.1, 0.15) is 6.23 Å². The molecule has 0 saturated carbocycles. The number of nitrogens with one attached hydrogen (secondary N) is 1. The molecule has 15 nitrogen and oxygen atoms in total. The van der Waals surface area contributed by atoms with Gasteiger partial charge in [-0.05, 0) is 0 Å². The summed E-state index contributed by atoms with van der Waals surface area (Å²) in [6.07, 6.45) is -5.27. The Labute approximate surface area is 163 Å². The summed E-state index contributed by atoms with van der Waals surface area (Å²) in [7, 11) is -4.81. The van der Waals surface area contributed by atoms with Crippen LogP contribution in [-0.4, -0.2) is 88.7 Å². The lowest BCUT2D eigenvalue weighted by atomic mass is 10.1. The van der Waals surface area contributed by atoms with Crippen LogP contribution >= 0.6 is 7.82 Å². The second kappa shape index (κ2) is 8.43. The lowest BCUT2D eigenvalue weighted by Gasteiger charge is -2.20. The summed E-state index contributed by atoms with van der Waals surface area (Å²) < 4.78 is 22.1. The molecule has 29 heavy (non-hydrogen) atoms. The third-order valence-corrected chi connectivity index (χ3v) is 4.76. The molecule has 162 valence electrons. The Morgan fingerprint density at radius 2 is 2.07 bits per heavy atom. The van der Waals surface area contributed by atoms with Gasteiger partial charge in [0.05, 0.1) is 12.7 Å². The van der Waals surface area contributed by atoms with E-state index >= 15 is 0 Å². The molecule has 0 aromatic carbocycles. The van der Waals surface area contributed by atoms with Crippen LogP contribution in [0.4, 0.5) is 11.8 Å². The van der Waals surface area contributed by atoms with Crippen LogP contribution in [0.2, 0.25) is 0 Å². The fraction of sp³-hybridized carbons (Fsp3) is 0.615. The van der Waals surface area contributed by atoms with Gasteiger partial charge in [-0.2, -0.15) is 0 Å². The number of aliphatic hydroxyl groups excluding tert-OH is 3. The average molecular weight is 435 g/mol. The molecule has 2 aromatic rings. The number of anilines is 2. The summed E-state index contributed by atoms with van der Waals surface area (Å²) in [5.74, 6) is 0.137. The van der Waals surface area contributed by atoms with Crippen molar-refractivity contribution in [3.05, 3.63) is 6.33 Å². The van der Waals surface area contributed by atoms with Crippen molar-refractivity contribution >= 4 is 30.8 Å². The van der Waals surface area contributed by atoms with Gasteiger partial charge in [0.2, 0.25) is 5.95 Å². The number of nitrogen functional groups attached to an aromatic ring is 1. The number of phosphoric acid groups is 1. The molecule has 2 aromatic heterocycles. The fourth-order valence-electron chi connectivity index (χ4n) is 2.84. The molecule has 0 aliphatic carbocycles. The maximum Gasteiger partial charge on any atom is 0.469 e. The number of imidazole rings is 1. The first-order chi connectivity index (χ1) is 13.6. The number of nitrogens with two attached hydrogens (primary N) is 2. The second-order valence-corrected chi connectivity index (χ2v) is 7.58. The van der Waals surface area contributed by atoms with Crippen molar-refractivity contribution in [2.75, 3.05) is 30.7 Å². The molecule has 1 aliphatic rings. The second-order valence-electron chi connectivity index (χ2n) is 6.34. The van der Waals surface area contributed by atoms with Crippen molar-refractivity contribution in [2.45, 2.75) is 30.6 Å². The van der Waals surface area contributed by atoms with Crippen LogP contribution in [-0.2, 0) is 13.8 Å². The van der Waals surface area contributed by atoms with Crippen molar-refractivity contribution in [3.63, 3.8) is 0 Å². The Bertz CT molecular complexity index is 907. The van der Waals surface area contributed by atoms with Crippen LogP contribution in [0.25, 0.3) is 11.2 Å². The molecule has 1 unspecified atom stereocenters. The molecule has 0 bridgehead atoms. The molecule has 1 fully saturated rings. The lowest BCUT2D eigenvalue weighted by Crippen LogP contribution is -2.34. The molecule has 3 rings (SSSR count). The highest BCUT2D eigenvalue weighted by Crippen LogP contribution is 2.39. The van der Waals surface area contributed by atoms with Crippen molar-refractivity contribution in [2.24, 2.45) is 5.73 Å². The van der Waals surface area contributed by atoms with Crippen molar-refractivity contribution in [1.29, 1.82) is 0 Å². The highest BCUT2D eigenvalue weighted by molar-refractivity contribution is 7.46. The van der Waals surface area contributed by atoms with Gasteiger partial charge in [0.25, 0.3) is 0 Å². The van der Waals surface area contributed by atoms with Crippen molar-refractivity contribution < 1.29 is 38.9 Å². The summed E-state index contributed by atoms with van der Waals surface area (Å²) in [6, 6.07) is 0. The van der Waals surface area contributed by atoms with Crippen LogP contribution in [0.3, 0.4) is 0 Å². The zero-order valence-electron chi connectivity index (χ0n) is 14.9. The summed E-state index contributed by atoms with van der Waals surface area (Å²) in [6.45, 7) is -0.682. The van der Waals surface area contributed by atoms with E-state index in [0.717, 1.165) is 0 Å². The highest BCUT2D eigenvalue weighted by Gasteiger charge is 2.46. The van der Waals surface area contributed by atoms with Crippen LogP contribution in [0, 0.1) is 0 Å². The van der Waals surface area contributed by atoms with E-state index in [2.05, 4.69) is 24.8 Å². The van der Waals surface area contributed by atoms with E-state index in [0.29, 0.717) is 0 Å². The number of hydrogen-bond acceptors (Lipinski definition) is 12. The zero-order chi connectivity index (χ0) is 21.3. The van der Waals surface area contributed by atoms with Crippen molar-refractivity contribution in [3.8, 4) is 0 Å². The van der Waals surface area contributed by atoms with E-state index < -0.39 is 45.1 Å². The molecule has 0 radical (unpaired) electrons. The Balaban J connectivity index is 1.94. The molecule has 1 aliphatic heterocycles. The van der Waals surface area contributed by atoms with Gasteiger partial charge in [0, 0.05) is 13.1 Å². The van der Waals surface area contributed by atoms with Crippen LogP contribution < -0.4 is 16.8 Å². The number of phosphoric ester groups is 1. The number of aliphatic hydroxyl groups is 3. The van der Waals surface area contributed by atoms with Crippen LogP contribution in [0.15, 0.2) is 6.33 Å². The van der Waals surface area contributed by atoms with E-state index in [9.17, 15) is 19.9 Å². The average Bonchev–Trinajstić information content (AvgIpc) is 3.16. The summed E-state index contributed by atoms with van der Waals surface area (Å²) >= 11 is 0. The first-order valence-electron chi connectivity index (χ1n) is 8.44. The standard InChI is InChI=1S/C13H22N7O8P/c14-1-5(21)2-16-13-19-7-10(15)17-4-18-11(7)20(13)12-9(23)8(22)6(28-12)3-27-29(24,25)26/h4-6,8-9,12,21-23H,1-3,14H2,(H,16,19)(H2,15,17,18)(H2,24,25,26)/t5?,6-,8-,9-,12-/m1/s1. The minimum absolute atomic E-state index is 0.00324. The van der Waals surface area contributed by atoms with E-state index in [1.54, 1.807) is 0 Å². The largest absolute Gasteiger partial charge is 0.469 e. The molecule has 1 saturated heterocycles. The molecule has 3 heterocycles. The van der Waals surface area contributed by atoms with Gasteiger partial charge in [0.15, 0.2) is 23.2 Å². The molecule has 0 spiro atoms. The molecule has 5 atom stereocenters. The Kier molecular flexibility index (Phi) is 6.33. The summed E-state index contributed by atoms with van der Waals surface area (Å²) in [5, 5.41) is 33.2. The number of nitrogens with zero attached hydrogens (tertiary/aromatic N) is 4. The number of hydrogen-bond donors (Lipinski definition) is 8. The minimum Gasteiger partial charge on any atom is -0.390 e. The van der Waals surface area contributed by atoms with Gasteiger partial charge in [-0.3, -0.25) is 9.09 Å². The van der Waals surface area contributed by atoms with Crippen molar-refractivity contribution in [1.82, 2.24) is 19.5 Å². The SMILES string of the molecule is NCC(O)CNc1nc2c(N)ncnc2n1[C@@H]1O[C@H](COP(=O)(O)O)[C@@H](O)[C@H]1O. The number of ether oxygens (including phenoxy) is 1. The van der Waals surface area contributed by atoms with E-state index in [1.165, 1.54) is 10.9 Å². The lowest BCUT2D eigenvalue weighted by molar-refractivity contribution is -0.0494. The minimum atomic E-state index is -4.81. The zero-order valence-corrected chi connectivity index (χ0v) is 15.8. The van der Waals surface area contributed by atoms with Gasteiger partial charge in [-0.15, -0.1) is 0 Å². The smallest absolute Gasteiger partial charge is 0.390 e. The number of rotatable bonds is 8. The predicted octanol–water partition coefficient (Wildman–Crippen LogP) is -3.13. The van der Waals surface area contributed by atoms with Gasteiger partial charge < -0.3 is 46.6 Å². The number of fused-ring (bicyclic) bond motifs is 1. The first-order valence-corrected chi connectivity index (χ1v) is 9.97. The molecular weight excluding hydrogens is 413 g/mol. The Hall–Kier alpha value is -1.94. The van der Waals surface area contributed by atoms with Crippen LogP contribution in [0.5, 0.6) is 0 Å². The van der Waals surface area contributed by atoms with Gasteiger partial charge in [-0.25, -0.2) is 19.5 Å². The monoisotopic (exact) mass is 435 g/mol. The fourth-order valence-corrected chi connectivity index (χ4v) is 3.18. The maximum absolute atomic E-state index is 10.9. The van der Waals surface area contributed by atoms with Gasteiger partial charge in [-0.1, -0.05) is 0 Å². The van der Waals surface area contributed by atoms with E-state index in [-0.39, 0.29) is 36.0 Å². The summed E-state index contributed by atoms with van der Waals surface area (Å²) in [4.78, 5) is 29.9. The third-order valence-electron chi connectivity index (χ3n) is 4.27. The first kappa shape index (κ1) is 21.8.